The molecule has 1 aromatic rings. The molecule has 1 rings (SSSR count). The summed E-state index contributed by atoms with van der Waals surface area (Å²) in [4.78, 5) is 4.64. The van der Waals surface area contributed by atoms with E-state index in [1.165, 1.54) is 36.9 Å². The minimum atomic E-state index is 0.634. The lowest BCUT2D eigenvalue weighted by Gasteiger charge is -2.20. The summed E-state index contributed by atoms with van der Waals surface area (Å²) in [5.74, 6) is 1.28. The molecule has 0 amide bonds. The average Bonchev–Trinajstić information content (AvgIpc) is 2.35. The lowest BCUT2D eigenvalue weighted by molar-refractivity contribution is 0.565. The first-order valence-corrected chi connectivity index (χ1v) is 6.69. The zero-order valence-corrected chi connectivity index (χ0v) is 11.2. The van der Waals surface area contributed by atoms with Crippen LogP contribution < -0.4 is 0 Å². The standard InChI is InChI=1S/C15H25N/c1-5-9-13(7-3)15-14(12(4)6-2)10-8-11-16-15/h8,10-13H,5-7,9H2,1-4H3. The molecule has 0 spiro atoms. The molecule has 0 aliphatic carbocycles. The van der Waals surface area contributed by atoms with Gasteiger partial charge in [0.2, 0.25) is 0 Å². The quantitative estimate of drug-likeness (QED) is 0.664. The maximum atomic E-state index is 4.64. The van der Waals surface area contributed by atoms with E-state index in [4.69, 9.17) is 0 Å². The van der Waals surface area contributed by atoms with E-state index in [-0.39, 0.29) is 0 Å². The molecule has 0 bridgehead atoms. The number of hydrogen-bond donors (Lipinski definition) is 0. The summed E-state index contributed by atoms with van der Waals surface area (Å²) in [5.41, 5.74) is 2.81. The molecule has 0 fully saturated rings. The zero-order chi connectivity index (χ0) is 12.0. The SMILES string of the molecule is CCCC(CC)c1ncccc1C(C)CC. The van der Waals surface area contributed by atoms with E-state index in [1.807, 2.05) is 6.20 Å². The molecule has 0 aliphatic rings. The topological polar surface area (TPSA) is 12.9 Å². The fourth-order valence-corrected chi connectivity index (χ4v) is 2.29. The Morgan fingerprint density at radius 2 is 1.94 bits per heavy atom. The van der Waals surface area contributed by atoms with Crippen LogP contribution in [0.1, 0.15) is 76.5 Å². The first-order valence-electron chi connectivity index (χ1n) is 6.69. The second-order valence-electron chi connectivity index (χ2n) is 4.68. The fourth-order valence-electron chi connectivity index (χ4n) is 2.29. The van der Waals surface area contributed by atoms with Gasteiger partial charge in [-0.2, -0.15) is 0 Å². The smallest absolute Gasteiger partial charge is 0.0469 e. The molecule has 1 heteroatoms. The first-order chi connectivity index (χ1) is 7.74. The van der Waals surface area contributed by atoms with Gasteiger partial charge >= 0.3 is 0 Å². The minimum absolute atomic E-state index is 0.634. The molecular weight excluding hydrogens is 194 g/mol. The van der Waals surface area contributed by atoms with Crippen molar-refractivity contribution in [3.8, 4) is 0 Å². The zero-order valence-electron chi connectivity index (χ0n) is 11.2. The predicted octanol–water partition coefficient (Wildman–Crippen LogP) is 4.89. The van der Waals surface area contributed by atoms with Crippen LogP contribution in [0.5, 0.6) is 0 Å². The van der Waals surface area contributed by atoms with Crippen molar-refractivity contribution < 1.29 is 0 Å². The van der Waals surface area contributed by atoms with Crippen molar-refractivity contribution in [2.45, 2.75) is 65.2 Å². The average molecular weight is 219 g/mol. The Labute approximate surface area is 100 Å². The van der Waals surface area contributed by atoms with Crippen molar-refractivity contribution in [2.24, 2.45) is 0 Å². The van der Waals surface area contributed by atoms with Crippen LogP contribution in [0.25, 0.3) is 0 Å². The van der Waals surface area contributed by atoms with E-state index in [0.717, 1.165) is 0 Å². The highest BCUT2D eigenvalue weighted by Gasteiger charge is 2.16. The Kier molecular flexibility index (Phi) is 5.51. The second kappa shape index (κ2) is 6.67. The summed E-state index contributed by atoms with van der Waals surface area (Å²) in [7, 11) is 0. The molecule has 0 saturated heterocycles. The van der Waals surface area contributed by atoms with Crippen LogP contribution in [0.15, 0.2) is 18.3 Å². The van der Waals surface area contributed by atoms with Crippen molar-refractivity contribution >= 4 is 0 Å². The molecule has 1 heterocycles. The molecule has 0 aliphatic heterocycles. The van der Waals surface area contributed by atoms with Crippen molar-refractivity contribution in [3.63, 3.8) is 0 Å². The van der Waals surface area contributed by atoms with Crippen LogP contribution in [0.4, 0.5) is 0 Å². The van der Waals surface area contributed by atoms with Gasteiger partial charge in [0.25, 0.3) is 0 Å². The van der Waals surface area contributed by atoms with Crippen LogP contribution in [0, 0.1) is 0 Å². The first kappa shape index (κ1) is 13.2. The predicted molar refractivity (Wildman–Crippen MR) is 70.9 cm³/mol. The van der Waals surface area contributed by atoms with Gasteiger partial charge in [-0.05, 0) is 36.8 Å². The highest BCUT2D eigenvalue weighted by Crippen LogP contribution is 2.30. The lowest BCUT2D eigenvalue weighted by atomic mass is 9.87. The van der Waals surface area contributed by atoms with Crippen molar-refractivity contribution in [2.75, 3.05) is 0 Å². The van der Waals surface area contributed by atoms with E-state index in [0.29, 0.717) is 11.8 Å². The third-order valence-corrected chi connectivity index (χ3v) is 3.53. The maximum absolute atomic E-state index is 4.64. The molecular formula is C15H25N. The Morgan fingerprint density at radius 3 is 2.50 bits per heavy atom. The highest BCUT2D eigenvalue weighted by molar-refractivity contribution is 5.26. The molecule has 1 aromatic heterocycles. The Hall–Kier alpha value is -0.850. The van der Waals surface area contributed by atoms with Crippen LogP contribution in [-0.4, -0.2) is 4.98 Å². The summed E-state index contributed by atoms with van der Waals surface area (Å²) >= 11 is 0. The van der Waals surface area contributed by atoms with Gasteiger partial charge in [0.05, 0.1) is 0 Å². The summed E-state index contributed by atoms with van der Waals surface area (Å²) < 4.78 is 0. The van der Waals surface area contributed by atoms with Gasteiger partial charge in [0, 0.05) is 17.8 Å². The minimum Gasteiger partial charge on any atom is -0.261 e. The Bertz CT molecular complexity index is 306. The van der Waals surface area contributed by atoms with Gasteiger partial charge in [-0.15, -0.1) is 0 Å². The number of hydrogen-bond acceptors (Lipinski definition) is 1. The highest BCUT2D eigenvalue weighted by atomic mass is 14.7. The normalized spacial score (nSPS) is 14.8. The van der Waals surface area contributed by atoms with Gasteiger partial charge in [-0.1, -0.05) is 40.2 Å². The number of rotatable bonds is 6. The molecule has 0 radical (unpaired) electrons. The monoisotopic (exact) mass is 219 g/mol. The lowest BCUT2D eigenvalue weighted by Crippen LogP contribution is -2.07. The fraction of sp³-hybridized carbons (Fsp3) is 0.667. The van der Waals surface area contributed by atoms with E-state index in [9.17, 15) is 0 Å². The molecule has 16 heavy (non-hydrogen) atoms. The van der Waals surface area contributed by atoms with Gasteiger partial charge in [-0.3, -0.25) is 4.98 Å². The van der Waals surface area contributed by atoms with Crippen LogP contribution in [0.3, 0.4) is 0 Å². The van der Waals surface area contributed by atoms with Crippen LogP contribution >= 0.6 is 0 Å². The number of aromatic nitrogens is 1. The van der Waals surface area contributed by atoms with E-state index < -0.39 is 0 Å². The van der Waals surface area contributed by atoms with E-state index >= 15 is 0 Å². The largest absolute Gasteiger partial charge is 0.261 e. The molecule has 0 aromatic carbocycles. The summed E-state index contributed by atoms with van der Waals surface area (Å²) in [6, 6.07) is 4.33. The molecule has 0 N–H and O–H groups in total. The maximum Gasteiger partial charge on any atom is 0.0469 e. The van der Waals surface area contributed by atoms with Crippen LogP contribution in [0.2, 0.25) is 0 Å². The van der Waals surface area contributed by atoms with Crippen LogP contribution in [-0.2, 0) is 0 Å². The van der Waals surface area contributed by atoms with E-state index in [2.05, 4.69) is 44.8 Å². The Balaban J connectivity index is 3.00. The number of pyridine rings is 1. The summed E-state index contributed by atoms with van der Waals surface area (Å²) in [6.45, 7) is 9.09. The number of nitrogens with zero attached hydrogens (tertiary/aromatic N) is 1. The molecule has 90 valence electrons. The van der Waals surface area contributed by atoms with Crippen molar-refractivity contribution in [1.82, 2.24) is 4.98 Å². The van der Waals surface area contributed by atoms with Gasteiger partial charge in [0.1, 0.15) is 0 Å². The molecule has 1 nitrogen and oxygen atoms in total. The molecule has 0 saturated carbocycles. The summed E-state index contributed by atoms with van der Waals surface area (Å²) in [6.07, 6.45) is 6.85. The third kappa shape index (κ3) is 3.07. The molecule has 2 unspecified atom stereocenters. The van der Waals surface area contributed by atoms with Gasteiger partial charge in [-0.25, -0.2) is 0 Å². The van der Waals surface area contributed by atoms with Gasteiger partial charge in [0.15, 0.2) is 0 Å². The Morgan fingerprint density at radius 1 is 1.19 bits per heavy atom. The second-order valence-corrected chi connectivity index (χ2v) is 4.68. The van der Waals surface area contributed by atoms with Gasteiger partial charge < -0.3 is 0 Å². The van der Waals surface area contributed by atoms with Crippen molar-refractivity contribution in [3.05, 3.63) is 29.6 Å². The molecule has 2 atom stereocenters. The summed E-state index contributed by atoms with van der Waals surface area (Å²) in [5, 5.41) is 0. The van der Waals surface area contributed by atoms with Crippen molar-refractivity contribution in [1.29, 1.82) is 0 Å². The third-order valence-electron chi connectivity index (χ3n) is 3.53. The van der Waals surface area contributed by atoms with E-state index in [1.54, 1.807) is 0 Å².